The van der Waals surface area contributed by atoms with Crippen molar-refractivity contribution < 1.29 is 9.47 Å². The Balaban J connectivity index is 1.43. The van der Waals surface area contributed by atoms with Crippen LogP contribution in [0.2, 0.25) is 0 Å². The van der Waals surface area contributed by atoms with E-state index in [1.807, 2.05) is 36.8 Å². The maximum atomic E-state index is 13.5. The first-order chi connectivity index (χ1) is 16.1. The van der Waals surface area contributed by atoms with Crippen LogP contribution in [-0.4, -0.2) is 28.3 Å². The lowest BCUT2D eigenvalue weighted by Crippen LogP contribution is -2.20. The number of hydrogen-bond acceptors (Lipinski definition) is 4. The maximum absolute atomic E-state index is 13.5. The molecule has 4 aromatic rings. The number of pyridine rings is 1. The third-order valence-corrected chi connectivity index (χ3v) is 6.85. The van der Waals surface area contributed by atoms with Gasteiger partial charge in [-0.3, -0.25) is 4.79 Å². The van der Waals surface area contributed by atoms with E-state index in [9.17, 15) is 4.79 Å². The summed E-state index contributed by atoms with van der Waals surface area (Å²) < 4.78 is 14.7. The molecular formula is C27H27N3O3. The smallest absolute Gasteiger partial charge is 0.258 e. The van der Waals surface area contributed by atoms with Gasteiger partial charge >= 0.3 is 0 Å². The van der Waals surface area contributed by atoms with Gasteiger partial charge < -0.3 is 18.6 Å². The van der Waals surface area contributed by atoms with E-state index in [0.717, 1.165) is 33.5 Å². The first-order valence-corrected chi connectivity index (χ1v) is 11.6. The van der Waals surface area contributed by atoms with Crippen molar-refractivity contribution in [2.24, 2.45) is 0 Å². The molecule has 0 aliphatic heterocycles. The van der Waals surface area contributed by atoms with Crippen LogP contribution in [0.15, 0.2) is 59.9 Å². The van der Waals surface area contributed by atoms with E-state index < -0.39 is 0 Å². The zero-order chi connectivity index (χ0) is 22.5. The Morgan fingerprint density at radius 3 is 2.55 bits per heavy atom. The van der Waals surface area contributed by atoms with Gasteiger partial charge in [0.15, 0.2) is 0 Å². The predicted molar refractivity (Wildman–Crippen MR) is 128 cm³/mol. The van der Waals surface area contributed by atoms with Gasteiger partial charge in [0.2, 0.25) is 0 Å². The summed E-state index contributed by atoms with van der Waals surface area (Å²) in [6.07, 6.45) is 10.8. The molecule has 6 rings (SSSR count). The third kappa shape index (κ3) is 3.69. The lowest BCUT2D eigenvalue weighted by molar-refractivity contribution is 0.390. The second-order valence-electron chi connectivity index (χ2n) is 9.18. The SMILES string of the molecule is COc1ccc(Cn2ccc3cc(C4CC4)c(-n4cnc(C5CC5)c4)cc3c2=O)c(OC)c1. The average molecular weight is 442 g/mol. The minimum absolute atomic E-state index is 0.00324. The summed E-state index contributed by atoms with van der Waals surface area (Å²) in [7, 11) is 3.26. The minimum Gasteiger partial charge on any atom is -0.497 e. The first kappa shape index (κ1) is 20.1. The number of aromatic nitrogens is 3. The van der Waals surface area contributed by atoms with Crippen LogP contribution in [0.25, 0.3) is 16.5 Å². The van der Waals surface area contributed by atoms with Crippen molar-refractivity contribution in [3.8, 4) is 17.2 Å². The van der Waals surface area contributed by atoms with Crippen LogP contribution in [-0.2, 0) is 6.54 Å². The summed E-state index contributed by atoms with van der Waals surface area (Å²) in [6.45, 7) is 0.429. The Morgan fingerprint density at radius 2 is 1.82 bits per heavy atom. The molecule has 2 aromatic heterocycles. The molecule has 2 aliphatic carbocycles. The fourth-order valence-electron chi connectivity index (χ4n) is 4.63. The Bertz CT molecular complexity index is 1410. The number of methoxy groups -OCH3 is 2. The molecule has 0 atom stereocenters. The normalized spacial score (nSPS) is 15.7. The number of imidazole rings is 1. The first-order valence-electron chi connectivity index (χ1n) is 11.6. The zero-order valence-corrected chi connectivity index (χ0v) is 19.0. The van der Waals surface area contributed by atoms with E-state index in [1.54, 1.807) is 18.8 Å². The molecule has 0 spiro atoms. The van der Waals surface area contributed by atoms with Gasteiger partial charge in [-0.2, -0.15) is 0 Å². The average Bonchev–Trinajstić information content (AvgIpc) is 3.79. The third-order valence-electron chi connectivity index (χ3n) is 6.85. The molecule has 0 unspecified atom stereocenters. The van der Waals surface area contributed by atoms with Gasteiger partial charge in [-0.25, -0.2) is 4.98 Å². The van der Waals surface area contributed by atoms with Gasteiger partial charge in [0.1, 0.15) is 11.5 Å². The molecule has 0 saturated heterocycles. The Kier molecular flexibility index (Phi) is 4.75. The highest BCUT2D eigenvalue weighted by molar-refractivity contribution is 5.85. The van der Waals surface area contributed by atoms with E-state index in [1.165, 1.54) is 31.2 Å². The van der Waals surface area contributed by atoms with Crippen molar-refractivity contribution in [2.75, 3.05) is 14.2 Å². The Morgan fingerprint density at radius 1 is 1.00 bits per heavy atom. The van der Waals surface area contributed by atoms with Gasteiger partial charge in [-0.05, 0) is 72.9 Å². The van der Waals surface area contributed by atoms with E-state index in [2.05, 4.69) is 27.9 Å². The van der Waals surface area contributed by atoms with Crippen molar-refractivity contribution >= 4 is 10.8 Å². The summed E-state index contributed by atoms with van der Waals surface area (Å²) in [4.78, 5) is 18.2. The number of rotatable bonds is 7. The molecule has 168 valence electrons. The second kappa shape index (κ2) is 7.80. The van der Waals surface area contributed by atoms with Crippen LogP contribution in [0.4, 0.5) is 0 Å². The number of hydrogen-bond donors (Lipinski definition) is 0. The van der Waals surface area contributed by atoms with Crippen LogP contribution < -0.4 is 15.0 Å². The number of fused-ring (bicyclic) bond motifs is 1. The molecule has 33 heavy (non-hydrogen) atoms. The number of benzene rings is 2. The largest absolute Gasteiger partial charge is 0.497 e. The highest BCUT2D eigenvalue weighted by Crippen LogP contribution is 2.44. The van der Waals surface area contributed by atoms with E-state index >= 15 is 0 Å². The Labute approximate surface area is 192 Å². The second-order valence-corrected chi connectivity index (χ2v) is 9.18. The van der Waals surface area contributed by atoms with Crippen molar-refractivity contribution in [2.45, 2.75) is 44.1 Å². The topological polar surface area (TPSA) is 58.3 Å². The molecule has 2 aliphatic rings. The molecular weight excluding hydrogens is 414 g/mol. The summed E-state index contributed by atoms with van der Waals surface area (Å²) >= 11 is 0. The lowest BCUT2D eigenvalue weighted by Gasteiger charge is -2.15. The van der Waals surface area contributed by atoms with Crippen LogP contribution >= 0.6 is 0 Å². The highest BCUT2D eigenvalue weighted by Gasteiger charge is 2.29. The molecule has 2 heterocycles. The van der Waals surface area contributed by atoms with E-state index in [0.29, 0.717) is 24.1 Å². The van der Waals surface area contributed by atoms with Crippen LogP contribution in [0.3, 0.4) is 0 Å². The van der Waals surface area contributed by atoms with Crippen molar-refractivity contribution in [3.05, 3.63) is 82.3 Å². The van der Waals surface area contributed by atoms with Crippen LogP contribution in [0.5, 0.6) is 11.5 Å². The monoisotopic (exact) mass is 441 g/mol. The van der Waals surface area contributed by atoms with Crippen molar-refractivity contribution in [1.82, 2.24) is 14.1 Å². The minimum atomic E-state index is -0.00324. The quantitative estimate of drug-likeness (QED) is 0.405. The van der Waals surface area contributed by atoms with E-state index in [-0.39, 0.29) is 5.56 Å². The summed E-state index contributed by atoms with van der Waals surface area (Å²) in [6, 6.07) is 12.0. The van der Waals surface area contributed by atoms with Crippen molar-refractivity contribution in [1.29, 1.82) is 0 Å². The Hall–Kier alpha value is -3.54. The molecule has 6 nitrogen and oxygen atoms in total. The molecule has 2 aromatic carbocycles. The predicted octanol–water partition coefficient (Wildman–Crippen LogP) is 5.01. The molecule has 6 heteroatoms. The van der Waals surface area contributed by atoms with Gasteiger partial charge in [-0.1, -0.05) is 0 Å². The van der Waals surface area contributed by atoms with Crippen LogP contribution in [0.1, 0.15) is 54.3 Å². The number of nitrogens with zero attached hydrogens (tertiary/aromatic N) is 3. The summed E-state index contributed by atoms with van der Waals surface area (Å²) in [5.41, 5.74) is 4.49. The highest BCUT2D eigenvalue weighted by atomic mass is 16.5. The van der Waals surface area contributed by atoms with Gasteiger partial charge in [0, 0.05) is 35.3 Å². The molecule has 0 radical (unpaired) electrons. The standard InChI is InChI=1S/C27H27N3O3/c1-32-21-8-7-20(26(12-21)33-2)14-29-10-9-19-11-22(17-3-4-17)25(13-23(19)27(29)31)30-15-24(28-16-30)18-5-6-18/h7-13,15-18H,3-6,14H2,1-2H3. The molecule has 2 fully saturated rings. The summed E-state index contributed by atoms with van der Waals surface area (Å²) in [5, 5.41) is 1.72. The fraction of sp³-hybridized carbons (Fsp3) is 0.333. The van der Waals surface area contributed by atoms with Gasteiger partial charge in [0.05, 0.1) is 38.5 Å². The maximum Gasteiger partial charge on any atom is 0.258 e. The number of ether oxygens (including phenoxy) is 2. The van der Waals surface area contributed by atoms with Crippen LogP contribution in [0, 0.1) is 0 Å². The molecule has 0 bridgehead atoms. The zero-order valence-electron chi connectivity index (χ0n) is 19.0. The molecule has 0 amide bonds. The van der Waals surface area contributed by atoms with Crippen molar-refractivity contribution in [3.63, 3.8) is 0 Å². The van der Waals surface area contributed by atoms with Gasteiger partial charge in [0.25, 0.3) is 5.56 Å². The molecule has 2 saturated carbocycles. The lowest BCUT2D eigenvalue weighted by atomic mass is 10.0. The molecule has 0 N–H and O–H groups in total. The van der Waals surface area contributed by atoms with E-state index in [4.69, 9.17) is 9.47 Å². The summed E-state index contributed by atoms with van der Waals surface area (Å²) in [5.74, 6) is 2.61. The van der Waals surface area contributed by atoms with Gasteiger partial charge in [-0.15, -0.1) is 0 Å². The fourth-order valence-corrected chi connectivity index (χ4v) is 4.63.